The zero-order valence-electron chi connectivity index (χ0n) is 16.1. The number of fused-ring (bicyclic) bond motifs is 5. The van der Waals surface area contributed by atoms with Gasteiger partial charge in [-0.3, -0.25) is 9.20 Å². The molecule has 142 valence electrons. The van der Waals surface area contributed by atoms with E-state index in [-0.39, 0.29) is 5.56 Å². The predicted molar refractivity (Wildman–Crippen MR) is 121 cm³/mol. The van der Waals surface area contributed by atoms with Crippen LogP contribution in [0.15, 0.2) is 108 Å². The van der Waals surface area contributed by atoms with E-state index in [4.69, 9.17) is 4.98 Å². The lowest BCUT2D eigenvalue weighted by Gasteiger charge is -2.12. The average Bonchev–Trinajstić information content (AvgIpc) is 3.19. The Morgan fingerprint density at radius 2 is 1.23 bits per heavy atom. The van der Waals surface area contributed by atoms with Gasteiger partial charge in [-0.25, -0.2) is 9.55 Å². The highest BCUT2D eigenvalue weighted by Crippen LogP contribution is 2.25. The number of para-hydroxylation sites is 3. The fourth-order valence-corrected chi connectivity index (χ4v) is 4.13. The molecule has 0 bridgehead atoms. The molecule has 0 amide bonds. The van der Waals surface area contributed by atoms with Crippen molar-refractivity contribution in [3.63, 3.8) is 0 Å². The van der Waals surface area contributed by atoms with E-state index < -0.39 is 0 Å². The molecule has 2 aromatic heterocycles. The first-order valence-corrected chi connectivity index (χ1v) is 9.88. The zero-order valence-corrected chi connectivity index (χ0v) is 16.1. The molecule has 2 heterocycles. The molecular formula is C26H17N3O. The highest BCUT2D eigenvalue weighted by molar-refractivity contribution is 5.89. The number of rotatable bonds is 2. The summed E-state index contributed by atoms with van der Waals surface area (Å²) >= 11 is 0. The molecule has 4 heteroatoms. The summed E-state index contributed by atoms with van der Waals surface area (Å²) in [4.78, 5) is 18.3. The van der Waals surface area contributed by atoms with Crippen molar-refractivity contribution in [3.8, 4) is 16.8 Å². The van der Waals surface area contributed by atoms with Gasteiger partial charge >= 0.3 is 0 Å². The lowest BCUT2D eigenvalue weighted by Crippen LogP contribution is -2.21. The van der Waals surface area contributed by atoms with Gasteiger partial charge in [-0.15, -0.1) is 0 Å². The summed E-state index contributed by atoms with van der Waals surface area (Å²) in [5, 5.41) is 0.667. The lowest BCUT2D eigenvalue weighted by atomic mass is 10.1. The van der Waals surface area contributed by atoms with Crippen LogP contribution < -0.4 is 5.56 Å². The van der Waals surface area contributed by atoms with Gasteiger partial charge in [0.25, 0.3) is 5.56 Å². The number of nitrogens with zero attached hydrogens (tertiary/aromatic N) is 3. The fourth-order valence-electron chi connectivity index (χ4n) is 4.13. The van der Waals surface area contributed by atoms with Crippen LogP contribution >= 0.6 is 0 Å². The molecule has 0 spiro atoms. The van der Waals surface area contributed by atoms with Crippen molar-refractivity contribution in [1.29, 1.82) is 0 Å². The Morgan fingerprint density at radius 3 is 2.03 bits per heavy atom. The van der Waals surface area contributed by atoms with Crippen molar-refractivity contribution >= 4 is 27.7 Å². The third-order valence-electron chi connectivity index (χ3n) is 5.55. The first kappa shape index (κ1) is 16.7. The maximum Gasteiger partial charge on any atom is 0.267 e. The Labute approximate surface area is 172 Å². The van der Waals surface area contributed by atoms with Crippen LogP contribution in [0.5, 0.6) is 0 Å². The standard InChI is InChI=1S/C26H17N3O/c30-25-21-10-4-6-12-23(21)29-24-13-7-5-11-22(24)27-26(29)28(25)20-16-14-19(15-17-20)18-8-2-1-3-9-18/h1-17H. The van der Waals surface area contributed by atoms with Crippen LogP contribution in [0.2, 0.25) is 0 Å². The van der Waals surface area contributed by atoms with Crippen LogP contribution in [-0.2, 0) is 0 Å². The first-order chi connectivity index (χ1) is 14.8. The van der Waals surface area contributed by atoms with Gasteiger partial charge in [-0.05, 0) is 47.5 Å². The maximum absolute atomic E-state index is 13.5. The molecule has 0 aliphatic heterocycles. The average molecular weight is 387 g/mol. The van der Waals surface area contributed by atoms with Gasteiger partial charge in [0.1, 0.15) is 0 Å². The molecule has 0 fully saturated rings. The van der Waals surface area contributed by atoms with Crippen LogP contribution in [0.1, 0.15) is 0 Å². The normalized spacial score (nSPS) is 11.5. The summed E-state index contributed by atoms with van der Waals surface area (Å²) in [5.74, 6) is 0.618. The summed E-state index contributed by atoms with van der Waals surface area (Å²) in [7, 11) is 0. The molecule has 0 saturated carbocycles. The van der Waals surface area contributed by atoms with E-state index in [1.165, 1.54) is 0 Å². The summed E-state index contributed by atoms with van der Waals surface area (Å²) in [6.45, 7) is 0. The second-order valence-electron chi connectivity index (χ2n) is 7.31. The molecule has 6 rings (SSSR count). The summed E-state index contributed by atoms with van der Waals surface area (Å²) in [5.41, 5.74) is 5.69. The van der Waals surface area contributed by atoms with Gasteiger partial charge in [-0.1, -0.05) is 66.7 Å². The van der Waals surface area contributed by atoms with Gasteiger partial charge in [0, 0.05) is 0 Å². The van der Waals surface area contributed by atoms with Gasteiger partial charge in [-0.2, -0.15) is 0 Å². The molecule has 0 aliphatic rings. The molecule has 0 unspecified atom stereocenters. The molecule has 0 radical (unpaired) electrons. The zero-order chi connectivity index (χ0) is 20.1. The molecule has 4 aromatic carbocycles. The van der Waals surface area contributed by atoms with Crippen molar-refractivity contribution in [2.45, 2.75) is 0 Å². The van der Waals surface area contributed by atoms with Crippen LogP contribution in [-0.4, -0.2) is 14.0 Å². The SMILES string of the molecule is O=c1c2ccccc2n2c3ccccc3nc2n1-c1ccc(-c2ccccc2)cc1. The Bertz CT molecular complexity index is 1590. The minimum atomic E-state index is -0.0686. The summed E-state index contributed by atoms with van der Waals surface area (Å²) < 4.78 is 3.77. The molecule has 0 aliphatic carbocycles. The topological polar surface area (TPSA) is 39.3 Å². The summed E-state index contributed by atoms with van der Waals surface area (Å²) in [6, 6.07) is 34.0. The number of benzene rings is 4. The highest BCUT2D eigenvalue weighted by Gasteiger charge is 2.16. The van der Waals surface area contributed by atoms with Gasteiger partial charge < -0.3 is 0 Å². The smallest absolute Gasteiger partial charge is 0.267 e. The van der Waals surface area contributed by atoms with E-state index in [1.807, 2.05) is 91.0 Å². The van der Waals surface area contributed by atoms with Crippen molar-refractivity contribution in [2.75, 3.05) is 0 Å². The Balaban J connectivity index is 1.68. The van der Waals surface area contributed by atoms with E-state index in [2.05, 4.69) is 16.5 Å². The molecule has 0 atom stereocenters. The fraction of sp³-hybridized carbons (Fsp3) is 0. The molecule has 0 saturated heterocycles. The lowest BCUT2D eigenvalue weighted by molar-refractivity contribution is 0.983. The highest BCUT2D eigenvalue weighted by atomic mass is 16.1. The third-order valence-corrected chi connectivity index (χ3v) is 5.55. The molecular weight excluding hydrogens is 370 g/mol. The number of imidazole rings is 1. The van der Waals surface area contributed by atoms with E-state index >= 15 is 0 Å². The van der Waals surface area contributed by atoms with Crippen molar-refractivity contribution in [2.24, 2.45) is 0 Å². The van der Waals surface area contributed by atoms with Crippen molar-refractivity contribution in [3.05, 3.63) is 113 Å². The minimum Gasteiger partial charge on any atom is -0.277 e. The Kier molecular flexibility index (Phi) is 3.59. The minimum absolute atomic E-state index is 0.0686. The quantitative estimate of drug-likeness (QED) is 0.396. The largest absolute Gasteiger partial charge is 0.277 e. The monoisotopic (exact) mass is 387 g/mol. The first-order valence-electron chi connectivity index (χ1n) is 9.88. The number of hydrogen-bond donors (Lipinski definition) is 0. The van der Waals surface area contributed by atoms with E-state index in [1.54, 1.807) is 4.57 Å². The van der Waals surface area contributed by atoms with E-state index in [0.717, 1.165) is 33.4 Å². The Hall–Kier alpha value is -4.18. The third kappa shape index (κ3) is 2.40. The van der Waals surface area contributed by atoms with Gasteiger partial charge in [0.15, 0.2) is 0 Å². The van der Waals surface area contributed by atoms with Crippen LogP contribution in [0.4, 0.5) is 0 Å². The van der Waals surface area contributed by atoms with Gasteiger partial charge in [0.05, 0.1) is 27.6 Å². The van der Waals surface area contributed by atoms with Crippen LogP contribution in [0, 0.1) is 0 Å². The number of hydrogen-bond acceptors (Lipinski definition) is 2. The van der Waals surface area contributed by atoms with E-state index in [0.29, 0.717) is 11.2 Å². The predicted octanol–water partition coefficient (Wildman–Crippen LogP) is 5.46. The molecule has 30 heavy (non-hydrogen) atoms. The molecule has 4 nitrogen and oxygen atoms in total. The van der Waals surface area contributed by atoms with Crippen molar-refractivity contribution < 1.29 is 0 Å². The maximum atomic E-state index is 13.5. The second-order valence-corrected chi connectivity index (χ2v) is 7.31. The van der Waals surface area contributed by atoms with Crippen LogP contribution in [0.25, 0.3) is 44.5 Å². The molecule has 0 N–H and O–H groups in total. The summed E-state index contributed by atoms with van der Waals surface area (Å²) in [6.07, 6.45) is 0. The second kappa shape index (κ2) is 6.42. The van der Waals surface area contributed by atoms with Crippen LogP contribution in [0.3, 0.4) is 0 Å². The number of aromatic nitrogens is 3. The van der Waals surface area contributed by atoms with E-state index in [9.17, 15) is 4.79 Å². The molecule has 6 aromatic rings. The van der Waals surface area contributed by atoms with Crippen molar-refractivity contribution in [1.82, 2.24) is 14.0 Å². The Morgan fingerprint density at radius 1 is 0.600 bits per heavy atom. The van der Waals surface area contributed by atoms with Gasteiger partial charge in [0.2, 0.25) is 5.78 Å².